The zero-order valence-corrected chi connectivity index (χ0v) is 17.3. The molecule has 1 N–H and O–H groups in total. The lowest BCUT2D eigenvalue weighted by molar-refractivity contribution is 0.578. The van der Waals surface area contributed by atoms with Crippen molar-refractivity contribution in [2.75, 3.05) is 35.3 Å². The zero-order valence-electron chi connectivity index (χ0n) is 17.3. The van der Waals surface area contributed by atoms with Crippen LogP contribution in [0.5, 0.6) is 0 Å². The van der Waals surface area contributed by atoms with Crippen molar-refractivity contribution >= 4 is 23.1 Å². The summed E-state index contributed by atoms with van der Waals surface area (Å²) in [6, 6.07) is 21.1. The standard InChI is InChI=1S/C24H29N5/c1-19-17-23(28(2)18-20-9-5-3-6-10-20)27-24(25-19)26-21-11-13-22(14-12-21)29-15-7-4-8-16-29/h3,5-6,9-14,17H,4,7-8,15-16,18H2,1-2H3,(H,25,26,27). The summed E-state index contributed by atoms with van der Waals surface area (Å²) in [6.07, 6.45) is 3.93. The Morgan fingerprint density at radius 1 is 0.931 bits per heavy atom. The largest absolute Gasteiger partial charge is 0.372 e. The number of nitrogens with one attached hydrogen (secondary N) is 1. The van der Waals surface area contributed by atoms with Crippen LogP contribution in [0.3, 0.4) is 0 Å². The molecule has 5 heteroatoms. The van der Waals surface area contributed by atoms with Crippen LogP contribution >= 0.6 is 0 Å². The van der Waals surface area contributed by atoms with Gasteiger partial charge in [0.2, 0.25) is 5.95 Å². The summed E-state index contributed by atoms with van der Waals surface area (Å²) in [5.41, 5.74) is 4.51. The monoisotopic (exact) mass is 387 g/mol. The molecule has 1 aromatic heterocycles. The van der Waals surface area contributed by atoms with Crippen LogP contribution in [0.25, 0.3) is 0 Å². The number of benzene rings is 2. The van der Waals surface area contributed by atoms with Gasteiger partial charge in [0.15, 0.2) is 0 Å². The first-order valence-corrected chi connectivity index (χ1v) is 10.4. The third kappa shape index (κ3) is 5.05. The smallest absolute Gasteiger partial charge is 0.229 e. The van der Waals surface area contributed by atoms with Crippen LogP contribution in [0.2, 0.25) is 0 Å². The van der Waals surface area contributed by atoms with E-state index in [1.807, 2.05) is 19.1 Å². The summed E-state index contributed by atoms with van der Waals surface area (Å²) < 4.78 is 0. The van der Waals surface area contributed by atoms with Crippen molar-refractivity contribution in [3.05, 3.63) is 71.9 Å². The molecule has 4 rings (SSSR count). The highest BCUT2D eigenvalue weighted by molar-refractivity contribution is 5.60. The average Bonchev–Trinajstić information content (AvgIpc) is 2.75. The summed E-state index contributed by atoms with van der Waals surface area (Å²) in [7, 11) is 2.06. The maximum Gasteiger partial charge on any atom is 0.229 e. The maximum absolute atomic E-state index is 4.73. The van der Waals surface area contributed by atoms with E-state index in [4.69, 9.17) is 4.98 Å². The molecule has 1 aliphatic rings. The Morgan fingerprint density at radius 3 is 2.38 bits per heavy atom. The molecule has 150 valence electrons. The van der Waals surface area contributed by atoms with Gasteiger partial charge in [-0.25, -0.2) is 4.98 Å². The molecule has 1 aliphatic heterocycles. The van der Waals surface area contributed by atoms with Crippen molar-refractivity contribution in [3.8, 4) is 0 Å². The van der Waals surface area contributed by atoms with E-state index < -0.39 is 0 Å². The van der Waals surface area contributed by atoms with E-state index in [0.29, 0.717) is 5.95 Å². The summed E-state index contributed by atoms with van der Waals surface area (Å²) in [5, 5.41) is 3.37. The van der Waals surface area contributed by atoms with Crippen LogP contribution in [0.4, 0.5) is 23.1 Å². The second kappa shape index (κ2) is 8.95. The third-order valence-corrected chi connectivity index (χ3v) is 5.34. The van der Waals surface area contributed by atoms with Crippen molar-refractivity contribution in [3.63, 3.8) is 0 Å². The summed E-state index contributed by atoms with van der Waals surface area (Å²) in [5.74, 6) is 1.54. The van der Waals surface area contributed by atoms with Crippen LogP contribution in [0.15, 0.2) is 60.7 Å². The van der Waals surface area contributed by atoms with Crippen molar-refractivity contribution in [1.29, 1.82) is 0 Å². The van der Waals surface area contributed by atoms with Crippen LogP contribution < -0.4 is 15.1 Å². The Balaban J connectivity index is 1.46. The van der Waals surface area contributed by atoms with Crippen LogP contribution in [-0.2, 0) is 6.54 Å². The van der Waals surface area contributed by atoms with E-state index in [1.54, 1.807) is 0 Å². The van der Waals surface area contributed by atoms with Gasteiger partial charge in [-0.05, 0) is 56.0 Å². The fourth-order valence-corrected chi connectivity index (χ4v) is 3.78. The van der Waals surface area contributed by atoms with E-state index >= 15 is 0 Å². The number of piperidine rings is 1. The Morgan fingerprint density at radius 2 is 1.66 bits per heavy atom. The molecule has 0 atom stereocenters. The lowest BCUT2D eigenvalue weighted by Crippen LogP contribution is -2.29. The SMILES string of the molecule is Cc1cc(N(C)Cc2ccccc2)nc(Nc2ccc(N3CCCCC3)cc2)n1. The van der Waals surface area contributed by atoms with Crippen molar-refractivity contribution < 1.29 is 0 Å². The zero-order chi connectivity index (χ0) is 20.1. The topological polar surface area (TPSA) is 44.3 Å². The van der Waals surface area contributed by atoms with Crippen LogP contribution in [-0.4, -0.2) is 30.1 Å². The molecule has 0 unspecified atom stereocenters. The van der Waals surface area contributed by atoms with Crippen molar-refractivity contribution in [1.82, 2.24) is 9.97 Å². The first-order chi connectivity index (χ1) is 14.2. The first kappa shape index (κ1) is 19.2. The van der Waals surface area contributed by atoms with Crippen LogP contribution in [0, 0.1) is 6.92 Å². The lowest BCUT2D eigenvalue weighted by Gasteiger charge is -2.28. The van der Waals surface area contributed by atoms with E-state index in [2.05, 4.69) is 75.7 Å². The number of anilines is 4. The van der Waals surface area contributed by atoms with Gasteiger partial charge < -0.3 is 15.1 Å². The number of nitrogens with zero attached hydrogens (tertiary/aromatic N) is 4. The molecule has 2 aromatic carbocycles. The van der Waals surface area contributed by atoms with E-state index in [0.717, 1.165) is 36.8 Å². The maximum atomic E-state index is 4.73. The Hall–Kier alpha value is -3.08. The predicted octanol–water partition coefficient (Wildman–Crippen LogP) is 5.16. The number of hydrogen-bond donors (Lipinski definition) is 1. The number of hydrogen-bond acceptors (Lipinski definition) is 5. The molecule has 29 heavy (non-hydrogen) atoms. The number of rotatable bonds is 6. The normalized spacial score (nSPS) is 13.9. The molecule has 0 bridgehead atoms. The predicted molar refractivity (Wildman–Crippen MR) is 121 cm³/mol. The Bertz CT molecular complexity index is 918. The Kier molecular flexibility index (Phi) is 5.94. The summed E-state index contributed by atoms with van der Waals surface area (Å²) in [4.78, 5) is 13.9. The molecule has 0 amide bonds. The fourth-order valence-electron chi connectivity index (χ4n) is 3.78. The van der Waals surface area contributed by atoms with Gasteiger partial charge >= 0.3 is 0 Å². The highest BCUT2D eigenvalue weighted by Gasteiger charge is 2.11. The summed E-state index contributed by atoms with van der Waals surface area (Å²) >= 11 is 0. The lowest BCUT2D eigenvalue weighted by atomic mass is 10.1. The quantitative estimate of drug-likeness (QED) is 0.633. The van der Waals surface area contributed by atoms with E-state index in [9.17, 15) is 0 Å². The molecule has 5 nitrogen and oxygen atoms in total. The van der Waals surface area contributed by atoms with Gasteiger partial charge in [0, 0.05) is 49.8 Å². The molecular formula is C24H29N5. The molecule has 0 radical (unpaired) electrons. The number of aryl methyl sites for hydroxylation is 1. The van der Waals surface area contributed by atoms with Gasteiger partial charge in [0.1, 0.15) is 5.82 Å². The summed E-state index contributed by atoms with van der Waals surface area (Å²) in [6.45, 7) is 5.13. The third-order valence-electron chi connectivity index (χ3n) is 5.34. The first-order valence-electron chi connectivity index (χ1n) is 10.4. The second-order valence-corrected chi connectivity index (χ2v) is 7.75. The average molecular weight is 388 g/mol. The van der Waals surface area contributed by atoms with E-state index in [1.165, 1.54) is 30.5 Å². The molecular weight excluding hydrogens is 358 g/mol. The molecule has 0 spiro atoms. The van der Waals surface area contributed by atoms with Crippen molar-refractivity contribution in [2.45, 2.75) is 32.7 Å². The van der Waals surface area contributed by atoms with Gasteiger partial charge in [0.25, 0.3) is 0 Å². The minimum atomic E-state index is 0.630. The van der Waals surface area contributed by atoms with Gasteiger partial charge in [-0.3, -0.25) is 0 Å². The molecule has 3 aromatic rings. The minimum Gasteiger partial charge on any atom is -0.372 e. The minimum absolute atomic E-state index is 0.630. The molecule has 0 saturated carbocycles. The second-order valence-electron chi connectivity index (χ2n) is 7.75. The van der Waals surface area contributed by atoms with Gasteiger partial charge in [-0.1, -0.05) is 30.3 Å². The highest BCUT2D eigenvalue weighted by atomic mass is 15.2. The molecule has 0 aliphatic carbocycles. The molecule has 1 fully saturated rings. The van der Waals surface area contributed by atoms with Gasteiger partial charge in [-0.2, -0.15) is 4.98 Å². The fraction of sp³-hybridized carbons (Fsp3) is 0.333. The highest BCUT2D eigenvalue weighted by Crippen LogP contribution is 2.24. The van der Waals surface area contributed by atoms with Gasteiger partial charge in [0.05, 0.1) is 0 Å². The molecule has 1 saturated heterocycles. The van der Waals surface area contributed by atoms with E-state index in [-0.39, 0.29) is 0 Å². The molecule has 2 heterocycles. The van der Waals surface area contributed by atoms with Crippen molar-refractivity contribution in [2.24, 2.45) is 0 Å². The number of aromatic nitrogens is 2. The van der Waals surface area contributed by atoms with Gasteiger partial charge in [-0.15, -0.1) is 0 Å². The Labute approximate surface area is 173 Å². The van der Waals surface area contributed by atoms with Crippen LogP contribution in [0.1, 0.15) is 30.5 Å².